The van der Waals surface area contributed by atoms with E-state index in [1.165, 1.54) is 12.1 Å². The topological polar surface area (TPSA) is 51.0 Å². The van der Waals surface area contributed by atoms with Gasteiger partial charge >= 0.3 is 0 Å². The lowest BCUT2D eigenvalue weighted by molar-refractivity contribution is 0.438. The molecule has 3 aromatic carbocycles. The van der Waals surface area contributed by atoms with Gasteiger partial charge in [0.2, 0.25) is 11.8 Å². The first kappa shape index (κ1) is 18.5. The van der Waals surface area contributed by atoms with E-state index in [1.54, 1.807) is 12.1 Å². The summed E-state index contributed by atoms with van der Waals surface area (Å²) in [6.45, 7) is 0.532. The molecule has 0 saturated carbocycles. The number of benzene rings is 3. The molecule has 0 fully saturated rings. The number of rotatable bonds is 6. The second-order valence-corrected chi connectivity index (χ2v) is 7.22. The maximum absolute atomic E-state index is 13.2. The summed E-state index contributed by atoms with van der Waals surface area (Å²) in [5, 5.41) is 11.9. The van der Waals surface area contributed by atoms with Gasteiger partial charge in [0.1, 0.15) is 11.9 Å². The number of halogens is 2. The van der Waals surface area contributed by atoms with Crippen molar-refractivity contribution in [3.05, 3.63) is 106 Å². The Morgan fingerprint density at radius 1 is 0.893 bits per heavy atom. The Labute approximate surface area is 170 Å². The number of hydrogen-bond donors (Lipinski definition) is 1. The third-order valence-electron chi connectivity index (χ3n) is 4.34. The quantitative estimate of drug-likeness (QED) is 0.431. The first-order valence-corrected chi connectivity index (χ1v) is 9.60. The number of nitrogens with zero attached hydrogens (tertiary/aromatic N) is 2. The Bertz CT molecular complexity index is 1030. The average molecular weight is 438 g/mol. The van der Waals surface area contributed by atoms with Crippen LogP contribution in [0, 0.1) is 5.82 Å². The number of hydrogen-bond acceptors (Lipinski definition) is 4. The maximum atomic E-state index is 13.2. The molecule has 0 amide bonds. The van der Waals surface area contributed by atoms with Gasteiger partial charge in [-0.1, -0.05) is 58.4 Å². The Hall–Kier alpha value is -2.83. The van der Waals surface area contributed by atoms with Crippen molar-refractivity contribution in [3.63, 3.8) is 0 Å². The minimum Gasteiger partial charge on any atom is -0.419 e. The third kappa shape index (κ3) is 4.35. The van der Waals surface area contributed by atoms with Crippen LogP contribution < -0.4 is 5.32 Å². The average Bonchev–Trinajstić information content (AvgIpc) is 3.21. The molecule has 4 aromatic rings. The fourth-order valence-corrected chi connectivity index (χ4v) is 3.14. The van der Waals surface area contributed by atoms with Crippen molar-refractivity contribution in [2.75, 3.05) is 0 Å². The summed E-state index contributed by atoms with van der Waals surface area (Å²) < 4.78 is 20.1. The molecule has 0 saturated heterocycles. The van der Waals surface area contributed by atoms with Crippen LogP contribution >= 0.6 is 15.9 Å². The Morgan fingerprint density at radius 3 is 2.32 bits per heavy atom. The van der Waals surface area contributed by atoms with Gasteiger partial charge < -0.3 is 4.42 Å². The molecule has 140 valence electrons. The van der Waals surface area contributed by atoms with Gasteiger partial charge in [-0.2, -0.15) is 0 Å². The Balaban J connectivity index is 1.62. The zero-order chi connectivity index (χ0) is 19.3. The van der Waals surface area contributed by atoms with Gasteiger partial charge in [-0.3, -0.25) is 5.32 Å². The fourth-order valence-electron chi connectivity index (χ4n) is 2.87. The van der Waals surface area contributed by atoms with E-state index in [-0.39, 0.29) is 11.9 Å². The van der Waals surface area contributed by atoms with E-state index in [9.17, 15) is 4.39 Å². The van der Waals surface area contributed by atoms with Crippen LogP contribution in [0.5, 0.6) is 0 Å². The molecule has 0 aliphatic heterocycles. The summed E-state index contributed by atoms with van der Waals surface area (Å²) in [6, 6.07) is 23.7. The lowest BCUT2D eigenvalue weighted by Crippen LogP contribution is -2.22. The van der Waals surface area contributed by atoms with Crippen LogP contribution in [0.2, 0.25) is 0 Å². The summed E-state index contributed by atoms with van der Waals surface area (Å²) >= 11 is 3.46. The largest absolute Gasteiger partial charge is 0.419 e. The van der Waals surface area contributed by atoms with Crippen LogP contribution in [0.3, 0.4) is 0 Å². The monoisotopic (exact) mass is 437 g/mol. The van der Waals surface area contributed by atoms with E-state index in [0.29, 0.717) is 18.3 Å². The Kier molecular flexibility index (Phi) is 5.60. The van der Waals surface area contributed by atoms with E-state index in [1.807, 2.05) is 54.6 Å². The van der Waals surface area contributed by atoms with Gasteiger partial charge in [0.05, 0.1) is 0 Å². The maximum Gasteiger partial charge on any atom is 0.247 e. The first-order chi connectivity index (χ1) is 13.7. The molecule has 4 rings (SSSR count). The van der Waals surface area contributed by atoms with Crippen molar-refractivity contribution >= 4 is 15.9 Å². The normalized spacial score (nSPS) is 12.1. The van der Waals surface area contributed by atoms with E-state index >= 15 is 0 Å². The summed E-state index contributed by atoms with van der Waals surface area (Å²) in [7, 11) is 0. The van der Waals surface area contributed by atoms with Crippen LogP contribution in [0.1, 0.15) is 23.1 Å². The molecule has 0 aliphatic rings. The van der Waals surface area contributed by atoms with Crippen LogP contribution in [-0.4, -0.2) is 10.2 Å². The molecule has 0 unspecified atom stereocenters. The molecular formula is C22H17BrFN3O. The molecule has 28 heavy (non-hydrogen) atoms. The second kappa shape index (κ2) is 8.46. The fraction of sp³-hybridized carbons (Fsp3) is 0.0909. The highest BCUT2D eigenvalue weighted by atomic mass is 79.9. The highest BCUT2D eigenvalue weighted by Crippen LogP contribution is 2.26. The van der Waals surface area contributed by atoms with Gasteiger partial charge in [0, 0.05) is 16.6 Å². The lowest BCUT2D eigenvalue weighted by Gasteiger charge is -2.16. The van der Waals surface area contributed by atoms with Crippen LogP contribution in [0.25, 0.3) is 11.5 Å². The van der Waals surface area contributed by atoms with Crippen molar-refractivity contribution in [3.8, 4) is 11.5 Å². The highest BCUT2D eigenvalue weighted by molar-refractivity contribution is 9.10. The van der Waals surface area contributed by atoms with Crippen LogP contribution in [0.15, 0.2) is 87.8 Å². The zero-order valence-corrected chi connectivity index (χ0v) is 16.4. The van der Waals surface area contributed by atoms with Crippen molar-refractivity contribution < 1.29 is 8.81 Å². The molecule has 1 aromatic heterocycles. The van der Waals surface area contributed by atoms with Crippen LogP contribution in [0.4, 0.5) is 4.39 Å². The third-order valence-corrected chi connectivity index (χ3v) is 4.86. The Morgan fingerprint density at radius 2 is 1.61 bits per heavy atom. The summed E-state index contributed by atoms with van der Waals surface area (Å²) in [5.41, 5.74) is 2.83. The molecule has 6 heteroatoms. The molecule has 1 atom stereocenters. The van der Waals surface area contributed by atoms with Crippen molar-refractivity contribution in [2.24, 2.45) is 0 Å². The lowest BCUT2D eigenvalue weighted by atomic mass is 10.1. The minimum atomic E-state index is -0.289. The SMILES string of the molecule is Fc1ccc(CN[C@@H](c2ccc(Br)cc2)c2nnc(-c3ccccc3)o2)cc1. The van der Waals surface area contributed by atoms with Crippen molar-refractivity contribution in [2.45, 2.75) is 12.6 Å². The zero-order valence-electron chi connectivity index (χ0n) is 14.8. The van der Waals surface area contributed by atoms with E-state index in [0.717, 1.165) is 21.2 Å². The first-order valence-electron chi connectivity index (χ1n) is 8.81. The molecule has 0 spiro atoms. The molecule has 0 aliphatic carbocycles. The van der Waals surface area contributed by atoms with Crippen LogP contribution in [-0.2, 0) is 6.54 Å². The molecule has 1 heterocycles. The van der Waals surface area contributed by atoms with E-state index < -0.39 is 0 Å². The summed E-state index contributed by atoms with van der Waals surface area (Å²) in [6.07, 6.45) is 0. The van der Waals surface area contributed by atoms with E-state index in [4.69, 9.17) is 4.42 Å². The number of aromatic nitrogens is 2. The molecular weight excluding hydrogens is 421 g/mol. The molecule has 4 nitrogen and oxygen atoms in total. The standard InChI is InChI=1S/C22H17BrFN3O/c23-18-10-8-16(9-11-18)20(25-14-15-6-12-19(24)13-7-15)22-27-26-21(28-22)17-4-2-1-3-5-17/h1-13,20,25H,14H2/t20-/m0/s1. The minimum absolute atomic E-state index is 0.252. The molecule has 0 radical (unpaired) electrons. The predicted molar refractivity (Wildman–Crippen MR) is 109 cm³/mol. The van der Waals surface area contributed by atoms with Crippen molar-refractivity contribution in [1.29, 1.82) is 0 Å². The predicted octanol–water partition coefficient (Wildman–Crippen LogP) is 5.52. The van der Waals surface area contributed by atoms with Gasteiger partial charge in [0.25, 0.3) is 0 Å². The molecule has 0 bridgehead atoms. The summed E-state index contributed by atoms with van der Waals surface area (Å²) in [4.78, 5) is 0. The van der Waals surface area contributed by atoms with Gasteiger partial charge in [0.15, 0.2) is 0 Å². The second-order valence-electron chi connectivity index (χ2n) is 6.30. The van der Waals surface area contributed by atoms with Gasteiger partial charge in [-0.15, -0.1) is 10.2 Å². The molecule has 1 N–H and O–H groups in total. The summed E-state index contributed by atoms with van der Waals surface area (Å²) in [5.74, 6) is 0.696. The smallest absolute Gasteiger partial charge is 0.247 e. The highest BCUT2D eigenvalue weighted by Gasteiger charge is 2.21. The number of nitrogens with one attached hydrogen (secondary N) is 1. The van der Waals surface area contributed by atoms with E-state index in [2.05, 4.69) is 31.4 Å². The van der Waals surface area contributed by atoms with Gasteiger partial charge in [-0.25, -0.2) is 4.39 Å². The van der Waals surface area contributed by atoms with Crippen molar-refractivity contribution in [1.82, 2.24) is 15.5 Å². The van der Waals surface area contributed by atoms with Gasteiger partial charge in [-0.05, 0) is 47.5 Å².